The Morgan fingerprint density at radius 2 is 2.33 bits per heavy atom. The number of benzene rings is 1. The molecule has 2 heterocycles. The van der Waals surface area contributed by atoms with Crippen LogP contribution in [0.4, 0.5) is 0 Å². The highest BCUT2D eigenvalue weighted by Crippen LogP contribution is 2.33. The van der Waals surface area contributed by atoms with Gasteiger partial charge in [0.25, 0.3) is 0 Å². The zero-order chi connectivity index (χ0) is 14.8. The van der Waals surface area contributed by atoms with E-state index in [0.29, 0.717) is 6.42 Å². The number of carbonyl (C=O) groups is 1. The van der Waals surface area contributed by atoms with Crippen LogP contribution in [-0.2, 0) is 11.2 Å². The van der Waals surface area contributed by atoms with Crippen molar-refractivity contribution in [3.63, 3.8) is 0 Å². The van der Waals surface area contributed by atoms with Crippen molar-refractivity contribution in [3.8, 4) is 0 Å². The summed E-state index contributed by atoms with van der Waals surface area (Å²) in [5.74, 6) is 0.156. The van der Waals surface area contributed by atoms with Crippen molar-refractivity contribution in [2.75, 3.05) is 6.54 Å². The number of aryl methyl sites for hydroxylation is 1. The normalized spacial score (nSPS) is 18.2. The molecule has 5 heteroatoms. The molecular weight excluding hydrogens is 330 g/mol. The Kier molecular flexibility index (Phi) is 4.10. The van der Waals surface area contributed by atoms with Gasteiger partial charge in [-0.3, -0.25) is 9.89 Å². The second kappa shape index (κ2) is 6.02. The second-order valence-electron chi connectivity index (χ2n) is 5.52. The average molecular weight is 348 g/mol. The molecule has 0 spiro atoms. The molecule has 21 heavy (non-hydrogen) atoms. The number of nitrogens with zero attached hydrogens (tertiary/aromatic N) is 2. The number of halogens is 1. The largest absolute Gasteiger partial charge is 0.335 e. The Hall–Kier alpha value is -1.62. The van der Waals surface area contributed by atoms with Crippen molar-refractivity contribution in [1.82, 2.24) is 15.1 Å². The standard InChI is InChI=1S/C16H18BrN3O/c1-11-8-14(19-18-11)10-16(21)20-7-3-6-15(20)12-4-2-5-13(17)9-12/h2,4-5,8-9,15H,3,6-7,10H2,1H3,(H,18,19)/t15-/m0/s1. The number of likely N-dealkylation sites (tertiary alicyclic amines) is 1. The van der Waals surface area contributed by atoms with Gasteiger partial charge < -0.3 is 4.90 Å². The third-order valence-electron chi connectivity index (χ3n) is 3.90. The molecule has 1 N–H and O–H groups in total. The first-order valence-corrected chi connectivity index (χ1v) is 7.98. The number of aromatic amines is 1. The van der Waals surface area contributed by atoms with Crippen LogP contribution in [0.2, 0.25) is 0 Å². The molecule has 1 saturated heterocycles. The quantitative estimate of drug-likeness (QED) is 0.924. The average Bonchev–Trinajstić information content (AvgIpc) is 3.07. The van der Waals surface area contributed by atoms with Gasteiger partial charge in [0, 0.05) is 16.7 Å². The van der Waals surface area contributed by atoms with E-state index in [2.05, 4.69) is 38.3 Å². The predicted molar refractivity (Wildman–Crippen MR) is 84.9 cm³/mol. The lowest BCUT2D eigenvalue weighted by molar-refractivity contribution is -0.131. The Bertz CT molecular complexity index is 652. The minimum atomic E-state index is 0.156. The van der Waals surface area contributed by atoms with E-state index in [0.717, 1.165) is 35.2 Å². The number of amides is 1. The summed E-state index contributed by atoms with van der Waals surface area (Å²) in [5.41, 5.74) is 3.01. The molecule has 0 aliphatic carbocycles. The van der Waals surface area contributed by atoms with Crippen LogP contribution in [0.5, 0.6) is 0 Å². The van der Waals surface area contributed by atoms with Gasteiger partial charge in [0.15, 0.2) is 0 Å². The topological polar surface area (TPSA) is 49.0 Å². The summed E-state index contributed by atoms with van der Waals surface area (Å²) in [4.78, 5) is 14.5. The van der Waals surface area contributed by atoms with Crippen molar-refractivity contribution in [1.29, 1.82) is 0 Å². The van der Waals surface area contributed by atoms with Crippen LogP contribution >= 0.6 is 15.9 Å². The Labute approximate surface area is 132 Å². The molecule has 0 unspecified atom stereocenters. The molecule has 0 radical (unpaired) electrons. The van der Waals surface area contributed by atoms with E-state index in [-0.39, 0.29) is 11.9 Å². The summed E-state index contributed by atoms with van der Waals surface area (Å²) in [7, 11) is 0. The van der Waals surface area contributed by atoms with E-state index in [4.69, 9.17) is 0 Å². The van der Waals surface area contributed by atoms with Crippen LogP contribution in [0, 0.1) is 6.92 Å². The lowest BCUT2D eigenvalue weighted by Gasteiger charge is -2.25. The lowest BCUT2D eigenvalue weighted by Crippen LogP contribution is -2.31. The highest BCUT2D eigenvalue weighted by Gasteiger charge is 2.30. The number of hydrogen-bond donors (Lipinski definition) is 1. The number of aromatic nitrogens is 2. The summed E-state index contributed by atoms with van der Waals surface area (Å²) in [6.07, 6.45) is 2.46. The maximum atomic E-state index is 12.6. The SMILES string of the molecule is Cc1cc(CC(=O)N2CCC[C@H]2c2cccc(Br)c2)n[nH]1. The van der Waals surface area contributed by atoms with Gasteiger partial charge in [0.1, 0.15) is 0 Å². The van der Waals surface area contributed by atoms with Gasteiger partial charge in [-0.1, -0.05) is 28.1 Å². The Morgan fingerprint density at radius 1 is 1.48 bits per heavy atom. The van der Waals surface area contributed by atoms with Gasteiger partial charge in [-0.05, 0) is 43.5 Å². The zero-order valence-electron chi connectivity index (χ0n) is 12.0. The first-order chi connectivity index (χ1) is 10.1. The Balaban J connectivity index is 1.75. The molecule has 110 valence electrons. The molecule has 1 aromatic heterocycles. The van der Waals surface area contributed by atoms with Crippen molar-refractivity contribution in [3.05, 3.63) is 51.8 Å². The van der Waals surface area contributed by atoms with Crippen LogP contribution < -0.4 is 0 Å². The smallest absolute Gasteiger partial charge is 0.229 e. The van der Waals surface area contributed by atoms with E-state index in [1.807, 2.05) is 30.0 Å². The maximum absolute atomic E-state index is 12.6. The van der Waals surface area contributed by atoms with Crippen molar-refractivity contribution >= 4 is 21.8 Å². The van der Waals surface area contributed by atoms with Gasteiger partial charge in [0.05, 0.1) is 18.2 Å². The minimum Gasteiger partial charge on any atom is -0.335 e. The number of rotatable bonds is 3. The van der Waals surface area contributed by atoms with Crippen molar-refractivity contribution < 1.29 is 4.79 Å². The fourth-order valence-electron chi connectivity index (χ4n) is 2.95. The van der Waals surface area contributed by atoms with E-state index in [9.17, 15) is 4.79 Å². The molecule has 1 aliphatic heterocycles. The molecule has 1 aliphatic rings. The van der Waals surface area contributed by atoms with Crippen molar-refractivity contribution in [2.45, 2.75) is 32.2 Å². The Morgan fingerprint density at radius 3 is 3.05 bits per heavy atom. The zero-order valence-corrected chi connectivity index (χ0v) is 13.6. The van der Waals surface area contributed by atoms with E-state index < -0.39 is 0 Å². The highest BCUT2D eigenvalue weighted by atomic mass is 79.9. The van der Waals surface area contributed by atoms with Gasteiger partial charge in [-0.15, -0.1) is 0 Å². The molecule has 1 aromatic carbocycles. The first-order valence-electron chi connectivity index (χ1n) is 7.19. The number of H-pyrrole nitrogens is 1. The van der Waals surface area contributed by atoms with Crippen LogP contribution in [-0.4, -0.2) is 27.5 Å². The molecule has 3 rings (SSSR count). The van der Waals surface area contributed by atoms with Gasteiger partial charge in [-0.25, -0.2) is 0 Å². The molecule has 0 saturated carbocycles. The first kappa shape index (κ1) is 14.3. The van der Waals surface area contributed by atoms with E-state index in [1.54, 1.807) is 0 Å². The van der Waals surface area contributed by atoms with Gasteiger partial charge in [0.2, 0.25) is 5.91 Å². The minimum absolute atomic E-state index is 0.156. The number of carbonyl (C=O) groups excluding carboxylic acids is 1. The monoisotopic (exact) mass is 347 g/mol. The molecule has 1 fully saturated rings. The van der Waals surface area contributed by atoms with E-state index in [1.165, 1.54) is 5.56 Å². The van der Waals surface area contributed by atoms with Crippen molar-refractivity contribution in [2.24, 2.45) is 0 Å². The second-order valence-corrected chi connectivity index (χ2v) is 6.43. The molecule has 1 amide bonds. The third kappa shape index (κ3) is 3.18. The molecule has 0 bridgehead atoms. The fourth-order valence-corrected chi connectivity index (χ4v) is 3.36. The fraction of sp³-hybridized carbons (Fsp3) is 0.375. The van der Waals surface area contributed by atoms with E-state index >= 15 is 0 Å². The summed E-state index contributed by atoms with van der Waals surface area (Å²) in [6.45, 7) is 2.78. The molecule has 2 aromatic rings. The summed E-state index contributed by atoms with van der Waals surface area (Å²) < 4.78 is 1.06. The highest BCUT2D eigenvalue weighted by molar-refractivity contribution is 9.10. The van der Waals surface area contributed by atoms with Gasteiger partial charge in [-0.2, -0.15) is 5.10 Å². The third-order valence-corrected chi connectivity index (χ3v) is 4.39. The van der Waals surface area contributed by atoms with Crippen LogP contribution in [0.15, 0.2) is 34.8 Å². The number of nitrogens with one attached hydrogen (secondary N) is 1. The molecule has 4 nitrogen and oxygen atoms in total. The molecule has 1 atom stereocenters. The van der Waals surface area contributed by atoms with Crippen LogP contribution in [0.3, 0.4) is 0 Å². The van der Waals surface area contributed by atoms with Crippen LogP contribution in [0.25, 0.3) is 0 Å². The summed E-state index contributed by atoms with van der Waals surface area (Å²) >= 11 is 3.51. The number of hydrogen-bond acceptors (Lipinski definition) is 2. The maximum Gasteiger partial charge on any atom is 0.229 e. The lowest BCUT2D eigenvalue weighted by atomic mass is 10.0. The van der Waals surface area contributed by atoms with Crippen LogP contribution in [0.1, 0.15) is 35.8 Å². The predicted octanol–water partition coefficient (Wildman–Crippen LogP) is 3.39. The summed E-state index contributed by atoms with van der Waals surface area (Å²) in [5, 5.41) is 7.05. The van der Waals surface area contributed by atoms with Gasteiger partial charge >= 0.3 is 0 Å². The molecular formula is C16H18BrN3O. The summed E-state index contributed by atoms with van der Waals surface area (Å²) in [6, 6.07) is 10.4.